The Labute approximate surface area is 157 Å². The first kappa shape index (κ1) is 22.0. The van der Waals surface area contributed by atoms with Crippen LogP contribution in [0.25, 0.3) is 0 Å². The second kappa shape index (κ2) is 12.3. The standard InChI is InChI=1S/C16H26N4O5S/c1-12(21)24-8-14(25-13(2)22)9-26-10-15(17)16(23)19-4-3-6-20-7-5-18-11-20/h5,7,11,14-15H,3-4,6,8-10,17H2,1-2H3,(H,19,23). The third-order valence-electron chi connectivity index (χ3n) is 3.19. The molecule has 26 heavy (non-hydrogen) atoms. The number of thioether (sulfide) groups is 1. The summed E-state index contributed by atoms with van der Waals surface area (Å²) < 4.78 is 11.9. The predicted molar refractivity (Wildman–Crippen MR) is 97.3 cm³/mol. The minimum Gasteiger partial charge on any atom is -0.462 e. The number of aromatic nitrogens is 2. The monoisotopic (exact) mass is 386 g/mol. The number of hydrogen-bond donors (Lipinski definition) is 2. The first-order valence-electron chi connectivity index (χ1n) is 8.26. The van der Waals surface area contributed by atoms with Crippen LogP contribution in [0.5, 0.6) is 0 Å². The van der Waals surface area contributed by atoms with E-state index < -0.39 is 24.1 Å². The topological polar surface area (TPSA) is 126 Å². The van der Waals surface area contributed by atoms with Crippen LogP contribution in [0.4, 0.5) is 0 Å². The van der Waals surface area contributed by atoms with Gasteiger partial charge < -0.3 is 25.1 Å². The van der Waals surface area contributed by atoms with E-state index in [9.17, 15) is 14.4 Å². The van der Waals surface area contributed by atoms with Crippen molar-refractivity contribution in [2.24, 2.45) is 5.73 Å². The molecule has 2 unspecified atom stereocenters. The molecule has 1 heterocycles. The number of nitrogens with two attached hydrogens (primary N) is 1. The van der Waals surface area contributed by atoms with Crippen molar-refractivity contribution >= 4 is 29.6 Å². The summed E-state index contributed by atoms with van der Waals surface area (Å²) in [5.41, 5.74) is 5.86. The molecule has 3 N–H and O–H groups in total. The Morgan fingerprint density at radius 2 is 2.04 bits per heavy atom. The van der Waals surface area contributed by atoms with Crippen LogP contribution in [0.3, 0.4) is 0 Å². The molecular formula is C16H26N4O5S. The SMILES string of the molecule is CC(=O)OCC(CSCC(N)C(=O)NCCCn1ccnc1)OC(C)=O. The summed E-state index contributed by atoms with van der Waals surface area (Å²) in [6.45, 7) is 3.85. The van der Waals surface area contributed by atoms with Crippen molar-refractivity contribution < 1.29 is 23.9 Å². The van der Waals surface area contributed by atoms with Gasteiger partial charge in [0.2, 0.25) is 5.91 Å². The highest BCUT2D eigenvalue weighted by Crippen LogP contribution is 2.09. The molecule has 0 aliphatic heterocycles. The molecule has 9 nitrogen and oxygen atoms in total. The van der Waals surface area contributed by atoms with Crippen LogP contribution < -0.4 is 11.1 Å². The molecule has 2 atom stereocenters. The Kier molecular flexibility index (Phi) is 10.4. The average Bonchev–Trinajstić information content (AvgIpc) is 3.09. The fraction of sp³-hybridized carbons (Fsp3) is 0.625. The lowest BCUT2D eigenvalue weighted by Gasteiger charge is -2.17. The Bertz CT molecular complexity index is 567. The number of nitrogens with zero attached hydrogens (tertiary/aromatic N) is 2. The van der Waals surface area contributed by atoms with Crippen molar-refractivity contribution in [2.45, 2.75) is 39.0 Å². The van der Waals surface area contributed by atoms with E-state index in [4.69, 9.17) is 15.2 Å². The van der Waals surface area contributed by atoms with Crippen LogP contribution in [-0.2, 0) is 30.4 Å². The molecule has 0 aromatic carbocycles. The van der Waals surface area contributed by atoms with Gasteiger partial charge in [-0.05, 0) is 6.42 Å². The number of ether oxygens (including phenoxy) is 2. The predicted octanol–water partition coefficient (Wildman–Crippen LogP) is -0.0553. The lowest BCUT2D eigenvalue weighted by atomic mass is 10.3. The van der Waals surface area contributed by atoms with Gasteiger partial charge in [0.15, 0.2) is 0 Å². The summed E-state index contributed by atoms with van der Waals surface area (Å²) in [4.78, 5) is 37.8. The first-order chi connectivity index (χ1) is 12.4. The van der Waals surface area contributed by atoms with E-state index in [1.807, 2.05) is 10.8 Å². The molecule has 1 aromatic rings. The highest BCUT2D eigenvalue weighted by molar-refractivity contribution is 7.99. The van der Waals surface area contributed by atoms with Crippen molar-refractivity contribution in [3.05, 3.63) is 18.7 Å². The van der Waals surface area contributed by atoms with Gasteiger partial charge in [0.05, 0.1) is 12.4 Å². The second-order valence-corrected chi connectivity index (χ2v) is 6.70. The van der Waals surface area contributed by atoms with Gasteiger partial charge in [-0.15, -0.1) is 0 Å². The molecule has 0 saturated heterocycles. The zero-order valence-electron chi connectivity index (χ0n) is 15.1. The molecule has 1 aromatic heterocycles. The maximum absolute atomic E-state index is 11.9. The van der Waals surface area contributed by atoms with Gasteiger partial charge in [0, 0.05) is 50.8 Å². The van der Waals surface area contributed by atoms with Gasteiger partial charge in [-0.1, -0.05) is 0 Å². The number of carbonyl (C=O) groups excluding carboxylic acids is 3. The van der Waals surface area contributed by atoms with Gasteiger partial charge in [-0.3, -0.25) is 14.4 Å². The fourth-order valence-electron chi connectivity index (χ4n) is 1.99. The Morgan fingerprint density at radius 3 is 2.65 bits per heavy atom. The van der Waals surface area contributed by atoms with E-state index in [1.165, 1.54) is 25.6 Å². The van der Waals surface area contributed by atoms with Crippen molar-refractivity contribution in [3.63, 3.8) is 0 Å². The van der Waals surface area contributed by atoms with Gasteiger partial charge in [0.1, 0.15) is 12.7 Å². The van der Waals surface area contributed by atoms with Crippen molar-refractivity contribution in [3.8, 4) is 0 Å². The lowest BCUT2D eigenvalue weighted by molar-refractivity contribution is -0.154. The molecule has 1 amide bonds. The molecule has 0 radical (unpaired) electrons. The number of esters is 2. The number of amides is 1. The van der Waals surface area contributed by atoms with Gasteiger partial charge >= 0.3 is 11.9 Å². The minimum absolute atomic E-state index is 0.0163. The van der Waals surface area contributed by atoms with Gasteiger partial charge in [-0.2, -0.15) is 11.8 Å². The van der Waals surface area contributed by atoms with Crippen molar-refractivity contribution in [1.29, 1.82) is 0 Å². The van der Waals surface area contributed by atoms with Crippen LogP contribution in [0.1, 0.15) is 20.3 Å². The third-order valence-corrected chi connectivity index (χ3v) is 4.40. The molecular weight excluding hydrogens is 360 g/mol. The number of carbonyl (C=O) groups is 3. The second-order valence-electron chi connectivity index (χ2n) is 5.62. The maximum Gasteiger partial charge on any atom is 0.303 e. The van der Waals surface area contributed by atoms with Crippen LogP contribution in [-0.4, -0.2) is 64.2 Å². The summed E-state index contributed by atoms with van der Waals surface area (Å²) in [5.74, 6) is -0.381. The minimum atomic E-state index is -0.667. The highest BCUT2D eigenvalue weighted by Gasteiger charge is 2.17. The van der Waals surface area contributed by atoms with Gasteiger partial charge in [0.25, 0.3) is 0 Å². The largest absolute Gasteiger partial charge is 0.462 e. The third kappa shape index (κ3) is 10.0. The molecule has 1 rings (SSSR count). The van der Waals surface area contributed by atoms with Crippen molar-refractivity contribution in [2.75, 3.05) is 24.7 Å². The van der Waals surface area contributed by atoms with Crippen LogP contribution in [0.2, 0.25) is 0 Å². The van der Waals surface area contributed by atoms with Crippen LogP contribution >= 0.6 is 11.8 Å². The number of imidazole rings is 1. The lowest BCUT2D eigenvalue weighted by Crippen LogP contribution is -2.43. The smallest absolute Gasteiger partial charge is 0.303 e. The van der Waals surface area contributed by atoms with Crippen LogP contribution in [0, 0.1) is 0 Å². The highest BCUT2D eigenvalue weighted by atomic mass is 32.2. The van der Waals surface area contributed by atoms with E-state index in [1.54, 1.807) is 12.5 Å². The average molecular weight is 386 g/mol. The van der Waals surface area contributed by atoms with E-state index in [-0.39, 0.29) is 12.5 Å². The zero-order valence-corrected chi connectivity index (χ0v) is 15.9. The zero-order chi connectivity index (χ0) is 19.4. The molecule has 146 valence electrons. The summed E-state index contributed by atoms with van der Waals surface area (Å²) in [5, 5.41) is 2.79. The van der Waals surface area contributed by atoms with Crippen LogP contribution in [0.15, 0.2) is 18.7 Å². The fourth-order valence-corrected chi connectivity index (χ4v) is 2.96. The van der Waals surface area contributed by atoms with Gasteiger partial charge in [-0.25, -0.2) is 4.98 Å². The normalized spacial score (nSPS) is 12.9. The summed E-state index contributed by atoms with van der Waals surface area (Å²) in [6, 6.07) is -0.667. The molecule has 0 aliphatic carbocycles. The molecule has 0 saturated carbocycles. The van der Waals surface area contributed by atoms with E-state index >= 15 is 0 Å². The summed E-state index contributed by atoms with van der Waals surface area (Å²) >= 11 is 1.36. The quantitative estimate of drug-likeness (QED) is 0.378. The maximum atomic E-state index is 11.9. The molecule has 10 heteroatoms. The van der Waals surface area contributed by atoms with E-state index in [0.717, 1.165) is 13.0 Å². The number of nitrogens with one attached hydrogen (secondary N) is 1. The van der Waals surface area contributed by atoms with E-state index in [2.05, 4.69) is 10.3 Å². The summed E-state index contributed by atoms with van der Waals surface area (Å²) in [6.07, 6.45) is 5.50. The first-order valence-corrected chi connectivity index (χ1v) is 9.41. The Morgan fingerprint density at radius 1 is 1.27 bits per heavy atom. The molecule has 0 spiro atoms. The van der Waals surface area contributed by atoms with E-state index in [0.29, 0.717) is 18.1 Å². The number of rotatable bonds is 12. The molecule has 0 bridgehead atoms. The number of aryl methyl sites for hydroxylation is 1. The summed E-state index contributed by atoms with van der Waals surface area (Å²) in [7, 11) is 0. The molecule has 0 aliphatic rings. The Hall–Kier alpha value is -2.07. The molecule has 0 fully saturated rings. The number of hydrogen-bond acceptors (Lipinski definition) is 8. The van der Waals surface area contributed by atoms with Crippen molar-refractivity contribution in [1.82, 2.24) is 14.9 Å². The Balaban J connectivity index is 2.20.